The summed E-state index contributed by atoms with van der Waals surface area (Å²) in [7, 11) is 0. The Kier molecular flexibility index (Phi) is 8.28. The van der Waals surface area contributed by atoms with Gasteiger partial charge in [0, 0.05) is 6.42 Å². The van der Waals surface area contributed by atoms with Crippen LogP contribution in [-0.4, -0.2) is 11.1 Å². The summed E-state index contributed by atoms with van der Waals surface area (Å²) in [5.41, 5.74) is 0. The van der Waals surface area contributed by atoms with Gasteiger partial charge < -0.3 is 5.11 Å². The summed E-state index contributed by atoms with van der Waals surface area (Å²) in [6.07, 6.45) is 20.1. The molecule has 0 spiro atoms. The van der Waals surface area contributed by atoms with Crippen LogP contribution in [0.2, 0.25) is 0 Å². The number of carbonyl (C=O) groups is 1. The fourth-order valence-corrected chi connectivity index (χ4v) is 2.40. The number of carboxylic acid groups (broad SMARTS) is 1. The van der Waals surface area contributed by atoms with E-state index in [1.807, 2.05) is 6.08 Å². The number of carboxylic acids is 1. The van der Waals surface area contributed by atoms with E-state index in [1.165, 1.54) is 44.9 Å². The third-order valence-electron chi connectivity index (χ3n) is 3.50. The predicted octanol–water partition coefficient (Wildman–Crippen LogP) is 4.71. The molecule has 1 aliphatic rings. The van der Waals surface area contributed by atoms with Crippen molar-refractivity contribution in [1.29, 1.82) is 0 Å². The molecule has 1 rings (SSSR count). The topological polar surface area (TPSA) is 37.3 Å². The zero-order valence-corrected chi connectivity index (χ0v) is 11.3. The minimum absolute atomic E-state index is 0.255. The lowest BCUT2D eigenvalue weighted by Crippen LogP contribution is -1.91. The van der Waals surface area contributed by atoms with E-state index in [1.54, 1.807) is 0 Å². The highest BCUT2D eigenvalue weighted by Crippen LogP contribution is 2.23. The van der Waals surface area contributed by atoms with Gasteiger partial charge in [0.05, 0.1) is 0 Å². The molecule has 1 unspecified atom stereocenters. The Labute approximate surface area is 111 Å². The second-order valence-corrected chi connectivity index (χ2v) is 5.16. The first kappa shape index (κ1) is 15.0. The molecule has 102 valence electrons. The second-order valence-electron chi connectivity index (χ2n) is 5.16. The molecule has 1 N–H and O–H groups in total. The smallest absolute Gasteiger partial charge is 0.303 e. The summed E-state index contributed by atoms with van der Waals surface area (Å²) in [6, 6.07) is 0. The Morgan fingerprint density at radius 1 is 1.17 bits per heavy atom. The van der Waals surface area contributed by atoms with Gasteiger partial charge in [-0.05, 0) is 44.4 Å². The van der Waals surface area contributed by atoms with Gasteiger partial charge in [-0.25, -0.2) is 0 Å². The first-order valence-electron chi connectivity index (χ1n) is 7.32. The van der Waals surface area contributed by atoms with Crippen LogP contribution >= 0.6 is 0 Å². The molecule has 0 amide bonds. The number of aliphatic carboxylic acids is 1. The third kappa shape index (κ3) is 8.10. The van der Waals surface area contributed by atoms with E-state index in [4.69, 9.17) is 5.11 Å². The number of hydrogen-bond donors (Lipinski definition) is 1. The molecular formula is C16H26O2. The van der Waals surface area contributed by atoms with Crippen LogP contribution in [0.4, 0.5) is 0 Å². The zero-order chi connectivity index (χ0) is 13.1. The van der Waals surface area contributed by atoms with E-state index < -0.39 is 5.97 Å². The zero-order valence-electron chi connectivity index (χ0n) is 11.3. The molecule has 18 heavy (non-hydrogen) atoms. The molecule has 2 heteroatoms. The lowest BCUT2D eigenvalue weighted by atomic mass is 10.00. The van der Waals surface area contributed by atoms with Gasteiger partial charge in [0.1, 0.15) is 0 Å². The second kappa shape index (κ2) is 9.93. The molecule has 0 saturated carbocycles. The molecule has 0 saturated heterocycles. The van der Waals surface area contributed by atoms with Gasteiger partial charge in [-0.2, -0.15) is 0 Å². The van der Waals surface area contributed by atoms with Crippen LogP contribution < -0.4 is 0 Å². The van der Waals surface area contributed by atoms with Gasteiger partial charge in [0.25, 0.3) is 0 Å². The van der Waals surface area contributed by atoms with E-state index >= 15 is 0 Å². The van der Waals surface area contributed by atoms with Gasteiger partial charge in [-0.3, -0.25) is 4.79 Å². The maximum atomic E-state index is 10.3. The Morgan fingerprint density at radius 3 is 2.67 bits per heavy atom. The van der Waals surface area contributed by atoms with Crippen LogP contribution in [0.1, 0.15) is 64.2 Å². The summed E-state index contributed by atoms with van der Waals surface area (Å²) in [5.74, 6) is 0.154. The maximum Gasteiger partial charge on any atom is 0.303 e. The van der Waals surface area contributed by atoms with Gasteiger partial charge in [-0.15, -0.1) is 0 Å². The SMILES string of the molecule is O=C(O)CCC=CCCCCCCC1C=CCC1. The number of unbranched alkanes of at least 4 members (excludes halogenated alkanes) is 4. The van der Waals surface area contributed by atoms with Crippen molar-refractivity contribution >= 4 is 5.97 Å². The molecule has 1 aliphatic carbocycles. The molecular weight excluding hydrogens is 224 g/mol. The third-order valence-corrected chi connectivity index (χ3v) is 3.50. The molecule has 0 fully saturated rings. The summed E-state index contributed by atoms with van der Waals surface area (Å²) in [4.78, 5) is 10.3. The molecule has 1 atom stereocenters. The fraction of sp³-hybridized carbons (Fsp3) is 0.688. The summed E-state index contributed by atoms with van der Waals surface area (Å²) >= 11 is 0. The van der Waals surface area contributed by atoms with Crippen LogP contribution in [0.15, 0.2) is 24.3 Å². The average molecular weight is 250 g/mol. The maximum absolute atomic E-state index is 10.3. The van der Waals surface area contributed by atoms with Crippen molar-refractivity contribution in [3.05, 3.63) is 24.3 Å². The Hall–Kier alpha value is -1.05. The number of rotatable bonds is 10. The van der Waals surface area contributed by atoms with E-state index in [9.17, 15) is 4.79 Å². The van der Waals surface area contributed by atoms with Crippen molar-refractivity contribution in [2.45, 2.75) is 64.2 Å². The summed E-state index contributed by atoms with van der Waals surface area (Å²) in [5, 5.41) is 8.46. The normalized spacial score (nSPS) is 18.8. The Balaban J connectivity index is 1.80. The van der Waals surface area contributed by atoms with Gasteiger partial charge in [0.2, 0.25) is 0 Å². The molecule has 0 aromatic heterocycles. The lowest BCUT2D eigenvalue weighted by Gasteiger charge is -2.06. The van der Waals surface area contributed by atoms with Crippen LogP contribution in [0.5, 0.6) is 0 Å². The minimum atomic E-state index is -0.708. The Bertz CT molecular complexity index is 279. The molecule has 0 aliphatic heterocycles. The van der Waals surface area contributed by atoms with E-state index in [0.717, 1.165) is 12.3 Å². The van der Waals surface area contributed by atoms with Gasteiger partial charge in [-0.1, -0.05) is 43.6 Å². The number of hydrogen-bond acceptors (Lipinski definition) is 1. The summed E-state index contributed by atoms with van der Waals surface area (Å²) < 4.78 is 0. The van der Waals surface area contributed by atoms with E-state index in [-0.39, 0.29) is 6.42 Å². The van der Waals surface area contributed by atoms with Crippen LogP contribution in [0.25, 0.3) is 0 Å². The van der Waals surface area contributed by atoms with Crippen molar-refractivity contribution in [3.8, 4) is 0 Å². The highest BCUT2D eigenvalue weighted by molar-refractivity contribution is 5.66. The predicted molar refractivity (Wildman–Crippen MR) is 75.6 cm³/mol. The van der Waals surface area contributed by atoms with Crippen LogP contribution in [0, 0.1) is 5.92 Å². The molecule has 0 radical (unpaired) electrons. The van der Waals surface area contributed by atoms with Crippen LogP contribution in [-0.2, 0) is 4.79 Å². The molecule has 0 bridgehead atoms. The minimum Gasteiger partial charge on any atom is -0.481 e. The highest BCUT2D eigenvalue weighted by Gasteiger charge is 2.07. The molecule has 0 heterocycles. The fourth-order valence-electron chi connectivity index (χ4n) is 2.40. The lowest BCUT2D eigenvalue weighted by molar-refractivity contribution is -0.136. The standard InChI is InChI=1S/C16H26O2/c17-16(18)14-8-6-4-2-1-3-5-7-11-15-12-9-10-13-15/h4,6,9,12,15H,1-3,5,7-8,10-11,13-14H2,(H,17,18). The van der Waals surface area contributed by atoms with Crippen molar-refractivity contribution in [1.82, 2.24) is 0 Å². The van der Waals surface area contributed by atoms with Crippen molar-refractivity contribution < 1.29 is 9.90 Å². The van der Waals surface area contributed by atoms with Gasteiger partial charge in [0.15, 0.2) is 0 Å². The highest BCUT2D eigenvalue weighted by atomic mass is 16.4. The summed E-state index contributed by atoms with van der Waals surface area (Å²) in [6.45, 7) is 0. The number of allylic oxidation sites excluding steroid dienone is 4. The molecule has 2 nitrogen and oxygen atoms in total. The molecule has 0 aromatic carbocycles. The average Bonchev–Trinajstić information content (AvgIpc) is 2.84. The Morgan fingerprint density at radius 2 is 1.94 bits per heavy atom. The van der Waals surface area contributed by atoms with Crippen molar-refractivity contribution in [2.24, 2.45) is 5.92 Å². The van der Waals surface area contributed by atoms with Crippen molar-refractivity contribution in [3.63, 3.8) is 0 Å². The van der Waals surface area contributed by atoms with Crippen LogP contribution in [0.3, 0.4) is 0 Å². The first-order chi connectivity index (χ1) is 8.79. The van der Waals surface area contributed by atoms with E-state index in [0.29, 0.717) is 6.42 Å². The quantitative estimate of drug-likeness (QED) is 0.450. The van der Waals surface area contributed by atoms with Gasteiger partial charge >= 0.3 is 5.97 Å². The molecule has 0 aromatic rings. The van der Waals surface area contributed by atoms with Crippen molar-refractivity contribution in [2.75, 3.05) is 0 Å². The van der Waals surface area contributed by atoms with E-state index in [2.05, 4.69) is 18.2 Å². The monoisotopic (exact) mass is 250 g/mol. The largest absolute Gasteiger partial charge is 0.481 e. The first-order valence-corrected chi connectivity index (χ1v) is 7.32.